The normalized spacial score (nSPS) is 10.8. The van der Waals surface area contributed by atoms with E-state index in [1.165, 1.54) is 6.20 Å². The number of nitro groups is 1. The summed E-state index contributed by atoms with van der Waals surface area (Å²) in [6.07, 6.45) is 1.31. The number of anilines is 1. The smallest absolute Gasteiger partial charge is 0.311 e. The molecule has 18 heavy (non-hydrogen) atoms. The number of nitrogens with zero attached hydrogens (tertiary/aromatic N) is 2. The van der Waals surface area contributed by atoms with Crippen molar-refractivity contribution in [3.63, 3.8) is 0 Å². The van der Waals surface area contributed by atoms with E-state index >= 15 is 0 Å². The predicted molar refractivity (Wildman–Crippen MR) is 71.7 cm³/mol. The molecule has 2 aromatic rings. The van der Waals surface area contributed by atoms with Gasteiger partial charge in [0.1, 0.15) is 11.9 Å². The van der Waals surface area contributed by atoms with E-state index in [-0.39, 0.29) is 5.69 Å². The Hall–Kier alpha value is -2.17. The maximum Gasteiger partial charge on any atom is 0.311 e. The lowest BCUT2D eigenvalue weighted by Crippen LogP contribution is -2.10. The fraction of sp³-hybridized carbons (Fsp3) is 0.308. The van der Waals surface area contributed by atoms with Gasteiger partial charge in [0.25, 0.3) is 0 Å². The van der Waals surface area contributed by atoms with Gasteiger partial charge in [-0.05, 0) is 12.0 Å². The van der Waals surface area contributed by atoms with Crippen molar-refractivity contribution in [3.8, 4) is 0 Å². The fourth-order valence-corrected chi connectivity index (χ4v) is 1.76. The molecule has 1 heterocycles. The summed E-state index contributed by atoms with van der Waals surface area (Å²) in [6.45, 7) is 4.80. The highest BCUT2D eigenvalue weighted by Crippen LogP contribution is 2.31. The summed E-state index contributed by atoms with van der Waals surface area (Å²) in [4.78, 5) is 14.7. The second-order valence-corrected chi connectivity index (χ2v) is 4.57. The van der Waals surface area contributed by atoms with E-state index in [1.54, 1.807) is 0 Å². The fourth-order valence-electron chi connectivity index (χ4n) is 1.76. The zero-order valence-electron chi connectivity index (χ0n) is 10.4. The second-order valence-electron chi connectivity index (χ2n) is 4.57. The van der Waals surface area contributed by atoms with Crippen LogP contribution < -0.4 is 5.32 Å². The molecule has 1 aromatic heterocycles. The van der Waals surface area contributed by atoms with Crippen molar-refractivity contribution in [1.82, 2.24) is 4.98 Å². The molecule has 1 aromatic carbocycles. The minimum absolute atomic E-state index is 0.0225. The van der Waals surface area contributed by atoms with Crippen LogP contribution in [0.1, 0.15) is 13.8 Å². The molecule has 5 heteroatoms. The number of benzene rings is 1. The molecule has 0 fully saturated rings. The van der Waals surface area contributed by atoms with Gasteiger partial charge in [-0.25, -0.2) is 4.98 Å². The molecule has 0 atom stereocenters. The van der Waals surface area contributed by atoms with E-state index in [9.17, 15) is 10.1 Å². The topological polar surface area (TPSA) is 68.1 Å². The van der Waals surface area contributed by atoms with Gasteiger partial charge in [-0.3, -0.25) is 10.1 Å². The highest BCUT2D eigenvalue weighted by Gasteiger charge is 2.17. The van der Waals surface area contributed by atoms with Crippen LogP contribution in [0.2, 0.25) is 0 Å². The van der Waals surface area contributed by atoms with E-state index in [1.807, 2.05) is 24.3 Å². The quantitative estimate of drug-likeness (QED) is 0.663. The average molecular weight is 245 g/mol. The molecule has 0 aliphatic rings. The van der Waals surface area contributed by atoms with Gasteiger partial charge in [0, 0.05) is 11.9 Å². The molecular weight excluding hydrogens is 230 g/mol. The summed E-state index contributed by atoms with van der Waals surface area (Å²) in [5.41, 5.74) is 1.34. The van der Waals surface area contributed by atoms with E-state index in [2.05, 4.69) is 24.1 Å². The zero-order valence-corrected chi connectivity index (χ0v) is 10.4. The van der Waals surface area contributed by atoms with Crippen molar-refractivity contribution in [2.24, 2.45) is 5.92 Å². The first-order chi connectivity index (χ1) is 8.59. The third-order valence-corrected chi connectivity index (χ3v) is 2.64. The Balaban J connectivity index is 2.55. The maximum absolute atomic E-state index is 11.0. The van der Waals surface area contributed by atoms with Crippen molar-refractivity contribution in [2.75, 3.05) is 11.9 Å². The molecular formula is C13H15N3O2. The summed E-state index contributed by atoms with van der Waals surface area (Å²) in [5, 5.41) is 15.0. The molecule has 0 radical (unpaired) electrons. The second kappa shape index (κ2) is 5.00. The SMILES string of the molecule is CC(C)CNc1c([N+](=O)[O-])cnc2ccccc12. The number of hydrogen-bond acceptors (Lipinski definition) is 4. The molecule has 0 saturated carbocycles. The predicted octanol–water partition coefficient (Wildman–Crippen LogP) is 3.21. The highest BCUT2D eigenvalue weighted by atomic mass is 16.6. The van der Waals surface area contributed by atoms with Gasteiger partial charge < -0.3 is 5.32 Å². The number of para-hydroxylation sites is 1. The van der Waals surface area contributed by atoms with Crippen molar-refractivity contribution in [3.05, 3.63) is 40.6 Å². The first kappa shape index (κ1) is 12.3. The van der Waals surface area contributed by atoms with E-state index in [0.717, 1.165) is 10.9 Å². The number of aromatic nitrogens is 1. The number of nitrogens with one attached hydrogen (secondary N) is 1. The van der Waals surface area contributed by atoms with Crippen LogP contribution in [0.5, 0.6) is 0 Å². The third-order valence-electron chi connectivity index (χ3n) is 2.64. The van der Waals surface area contributed by atoms with Crippen LogP contribution in [-0.2, 0) is 0 Å². The lowest BCUT2D eigenvalue weighted by Gasteiger charge is -2.11. The Morgan fingerprint density at radius 3 is 2.78 bits per heavy atom. The largest absolute Gasteiger partial charge is 0.379 e. The third kappa shape index (κ3) is 2.40. The molecule has 0 unspecified atom stereocenters. The standard InChI is InChI=1S/C13H15N3O2/c1-9(2)7-15-13-10-5-3-4-6-11(10)14-8-12(13)16(17)18/h3-6,8-9H,7H2,1-2H3,(H,14,15). The van der Waals surface area contributed by atoms with Crippen LogP contribution in [0, 0.1) is 16.0 Å². The van der Waals surface area contributed by atoms with Gasteiger partial charge >= 0.3 is 5.69 Å². The molecule has 0 saturated heterocycles. The van der Waals surface area contributed by atoms with Gasteiger partial charge in [-0.2, -0.15) is 0 Å². The number of fused-ring (bicyclic) bond motifs is 1. The van der Waals surface area contributed by atoms with Gasteiger partial charge in [0.05, 0.1) is 10.4 Å². The lowest BCUT2D eigenvalue weighted by molar-refractivity contribution is -0.384. The Labute approximate surface area is 105 Å². The summed E-state index contributed by atoms with van der Waals surface area (Å²) in [5.74, 6) is 0.413. The van der Waals surface area contributed by atoms with E-state index in [0.29, 0.717) is 18.2 Å². The Kier molecular flexibility index (Phi) is 3.41. The minimum Gasteiger partial charge on any atom is -0.379 e. The van der Waals surface area contributed by atoms with Gasteiger partial charge in [0.2, 0.25) is 0 Å². The first-order valence-electron chi connectivity index (χ1n) is 5.85. The van der Waals surface area contributed by atoms with Crippen LogP contribution in [0.4, 0.5) is 11.4 Å². The molecule has 5 nitrogen and oxygen atoms in total. The maximum atomic E-state index is 11.0. The van der Waals surface area contributed by atoms with Crippen LogP contribution >= 0.6 is 0 Å². The molecule has 1 N–H and O–H groups in total. The molecule has 0 bridgehead atoms. The average Bonchev–Trinajstić information content (AvgIpc) is 2.35. The molecule has 2 rings (SSSR count). The molecule has 0 aliphatic heterocycles. The van der Waals surface area contributed by atoms with Crippen LogP contribution in [0.15, 0.2) is 30.5 Å². The van der Waals surface area contributed by atoms with Crippen LogP contribution in [-0.4, -0.2) is 16.5 Å². The summed E-state index contributed by atoms with van der Waals surface area (Å²) in [7, 11) is 0. The minimum atomic E-state index is -0.401. The highest BCUT2D eigenvalue weighted by molar-refractivity contribution is 5.95. The molecule has 0 amide bonds. The van der Waals surface area contributed by atoms with Crippen LogP contribution in [0.3, 0.4) is 0 Å². The summed E-state index contributed by atoms with van der Waals surface area (Å²) in [6, 6.07) is 7.42. The Morgan fingerprint density at radius 2 is 2.11 bits per heavy atom. The molecule has 94 valence electrons. The summed E-state index contributed by atoms with van der Waals surface area (Å²) < 4.78 is 0. The lowest BCUT2D eigenvalue weighted by atomic mass is 10.1. The van der Waals surface area contributed by atoms with Crippen molar-refractivity contribution >= 4 is 22.3 Å². The van der Waals surface area contributed by atoms with E-state index in [4.69, 9.17) is 0 Å². The van der Waals surface area contributed by atoms with Crippen molar-refractivity contribution in [2.45, 2.75) is 13.8 Å². The zero-order chi connectivity index (χ0) is 13.1. The Morgan fingerprint density at radius 1 is 1.39 bits per heavy atom. The summed E-state index contributed by atoms with van der Waals surface area (Å²) >= 11 is 0. The number of rotatable bonds is 4. The van der Waals surface area contributed by atoms with Gasteiger partial charge in [-0.15, -0.1) is 0 Å². The Bertz CT molecular complexity index is 581. The number of hydrogen-bond donors (Lipinski definition) is 1. The number of pyridine rings is 1. The van der Waals surface area contributed by atoms with Gasteiger partial charge in [0.15, 0.2) is 0 Å². The van der Waals surface area contributed by atoms with Crippen LogP contribution in [0.25, 0.3) is 10.9 Å². The first-order valence-corrected chi connectivity index (χ1v) is 5.85. The van der Waals surface area contributed by atoms with E-state index < -0.39 is 4.92 Å². The molecule has 0 aliphatic carbocycles. The van der Waals surface area contributed by atoms with Crippen molar-refractivity contribution < 1.29 is 4.92 Å². The van der Waals surface area contributed by atoms with Gasteiger partial charge in [-0.1, -0.05) is 32.0 Å². The van der Waals surface area contributed by atoms with Crippen molar-refractivity contribution in [1.29, 1.82) is 0 Å². The monoisotopic (exact) mass is 245 g/mol. The molecule has 0 spiro atoms.